The van der Waals surface area contributed by atoms with E-state index in [1.54, 1.807) is 13.8 Å². The first kappa shape index (κ1) is 15.1. The molecule has 112 valence electrons. The minimum absolute atomic E-state index is 0.177. The summed E-state index contributed by atoms with van der Waals surface area (Å²) >= 11 is 0. The molecule has 1 aliphatic heterocycles. The molecule has 1 saturated heterocycles. The summed E-state index contributed by atoms with van der Waals surface area (Å²) in [6.07, 6.45) is -4.72. The van der Waals surface area contributed by atoms with Gasteiger partial charge in [-0.25, -0.2) is 4.39 Å². The number of alkyl halides is 3. The lowest BCUT2D eigenvalue weighted by atomic mass is 10.1. The van der Waals surface area contributed by atoms with Gasteiger partial charge in [-0.15, -0.1) is 0 Å². The van der Waals surface area contributed by atoms with Crippen molar-refractivity contribution in [1.82, 2.24) is 0 Å². The fraction of sp³-hybridized carbons (Fsp3) is 0.538. The van der Waals surface area contributed by atoms with Crippen LogP contribution in [0.5, 0.6) is 0 Å². The standard InChI is InChI=1S/C13H15F4NO2/c1-12(2)19-6-9(7-20-12)18-8-3-4-11(14)10(5-8)13(15,16)17/h3-5,9,18H,6-7H2,1-2H3. The van der Waals surface area contributed by atoms with Crippen LogP contribution >= 0.6 is 0 Å². The minimum Gasteiger partial charge on any atom is -0.378 e. The molecule has 0 spiro atoms. The first-order valence-corrected chi connectivity index (χ1v) is 6.08. The van der Waals surface area contributed by atoms with Crippen molar-refractivity contribution in [2.75, 3.05) is 18.5 Å². The van der Waals surface area contributed by atoms with E-state index in [9.17, 15) is 17.6 Å². The van der Waals surface area contributed by atoms with Crippen LogP contribution in [0.2, 0.25) is 0 Å². The number of halogens is 4. The topological polar surface area (TPSA) is 30.5 Å². The predicted molar refractivity (Wildman–Crippen MR) is 64.8 cm³/mol. The maximum Gasteiger partial charge on any atom is 0.419 e. The summed E-state index contributed by atoms with van der Waals surface area (Å²) in [7, 11) is 0. The lowest BCUT2D eigenvalue weighted by Crippen LogP contribution is -2.45. The molecular weight excluding hydrogens is 278 g/mol. The third-order valence-electron chi connectivity index (χ3n) is 2.91. The van der Waals surface area contributed by atoms with Gasteiger partial charge in [0.1, 0.15) is 5.82 Å². The van der Waals surface area contributed by atoms with Crippen molar-refractivity contribution in [2.24, 2.45) is 0 Å². The number of hydrogen-bond donors (Lipinski definition) is 1. The molecule has 0 amide bonds. The highest BCUT2D eigenvalue weighted by atomic mass is 19.4. The molecule has 0 aliphatic carbocycles. The van der Waals surface area contributed by atoms with E-state index in [2.05, 4.69) is 5.32 Å². The molecule has 0 radical (unpaired) electrons. The molecule has 7 heteroatoms. The lowest BCUT2D eigenvalue weighted by molar-refractivity contribution is -0.247. The van der Waals surface area contributed by atoms with Gasteiger partial charge in [0.2, 0.25) is 0 Å². The summed E-state index contributed by atoms with van der Waals surface area (Å²) in [5.41, 5.74) is -1.11. The lowest BCUT2D eigenvalue weighted by Gasteiger charge is -2.35. The first-order valence-electron chi connectivity index (χ1n) is 6.08. The number of benzene rings is 1. The van der Waals surface area contributed by atoms with Gasteiger partial charge in [0.05, 0.1) is 24.8 Å². The Morgan fingerprint density at radius 3 is 2.35 bits per heavy atom. The Morgan fingerprint density at radius 1 is 1.20 bits per heavy atom. The van der Waals surface area contributed by atoms with Crippen molar-refractivity contribution >= 4 is 5.69 Å². The van der Waals surface area contributed by atoms with Crippen LogP contribution in [0.1, 0.15) is 19.4 Å². The van der Waals surface area contributed by atoms with Crippen molar-refractivity contribution in [3.8, 4) is 0 Å². The van der Waals surface area contributed by atoms with E-state index in [4.69, 9.17) is 9.47 Å². The summed E-state index contributed by atoms with van der Waals surface area (Å²) in [6, 6.07) is 2.51. The van der Waals surface area contributed by atoms with Gasteiger partial charge in [0.15, 0.2) is 5.79 Å². The molecule has 1 heterocycles. The Hall–Kier alpha value is -1.34. The Balaban J connectivity index is 2.08. The first-order chi connectivity index (χ1) is 9.17. The van der Waals surface area contributed by atoms with Crippen molar-refractivity contribution in [3.63, 3.8) is 0 Å². The largest absolute Gasteiger partial charge is 0.419 e. The van der Waals surface area contributed by atoms with Crippen molar-refractivity contribution in [1.29, 1.82) is 0 Å². The number of rotatable bonds is 2. The molecule has 3 nitrogen and oxygen atoms in total. The molecule has 20 heavy (non-hydrogen) atoms. The highest BCUT2D eigenvalue weighted by Gasteiger charge is 2.34. The van der Waals surface area contributed by atoms with E-state index >= 15 is 0 Å². The average molecular weight is 293 g/mol. The molecule has 0 bridgehead atoms. The van der Waals surface area contributed by atoms with Gasteiger partial charge in [0, 0.05) is 5.69 Å². The smallest absolute Gasteiger partial charge is 0.378 e. The van der Waals surface area contributed by atoms with E-state index < -0.39 is 23.3 Å². The summed E-state index contributed by atoms with van der Waals surface area (Å²) in [5.74, 6) is -1.99. The second kappa shape index (κ2) is 5.21. The molecule has 0 unspecified atom stereocenters. The van der Waals surface area contributed by atoms with Gasteiger partial charge in [-0.1, -0.05) is 0 Å². The average Bonchev–Trinajstić information content (AvgIpc) is 2.33. The second-order valence-electron chi connectivity index (χ2n) is 5.06. The molecule has 0 aromatic heterocycles. The molecule has 1 aliphatic rings. The number of nitrogens with one attached hydrogen (secondary N) is 1. The van der Waals surface area contributed by atoms with Crippen LogP contribution in [0.15, 0.2) is 18.2 Å². The number of ether oxygens (including phenoxy) is 2. The van der Waals surface area contributed by atoms with E-state index in [0.717, 1.165) is 12.1 Å². The number of hydrogen-bond acceptors (Lipinski definition) is 3. The molecule has 1 aromatic carbocycles. The van der Waals surface area contributed by atoms with Gasteiger partial charge in [-0.05, 0) is 32.0 Å². The van der Waals surface area contributed by atoms with Crippen LogP contribution in [-0.4, -0.2) is 25.0 Å². The van der Waals surface area contributed by atoms with Gasteiger partial charge in [-0.3, -0.25) is 0 Å². The molecular formula is C13H15F4NO2. The van der Waals surface area contributed by atoms with Crippen LogP contribution in [-0.2, 0) is 15.7 Å². The van der Waals surface area contributed by atoms with Gasteiger partial charge >= 0.3 is 6.18 Å². The van der Waals surface area contributed by atoms with E-state index in [0.29, 0.717) is 13.2 Å². The minimum atomic E-state index is -4.72. The Labute approximate surface area is 113 Å². The zero-order valence-corrected chi connectivity index (χ0v) is 11.1. The zero-order chi connectivity index (χ0) is 15.0. The van der Waals surface area contributed by atoms with Crippen LogP contribution in [0.4, 0.5) is 23.2 Å². The van der Waals surface area contributed by atoms with E-state index in [1.807, 2.05) is 0 Å². The summed E-state index contributed by atoms with van der Waals surface area (Å²) in [4.78, 5) is 0. The maximum absolute atomic E-state index is 13.1. The van der Waals surface area contributed by atoms with Crippen LogP contribution in [0.3, 0.4) is 0 Å². The third-order valence-corrected chi connectivity index (χ3v) is 2.91. The Kier molecular flexibility index (Phi) is 3.93. The predicted octanol–water partition coefficient (Wildman–Crippen LogP) is 3.41. The number of anilines is 1. The van der Waals surface area contributed by atoms with Gasteiger partial charge in [0.25, 0.3) is 0 Å². The normalized spacial score (nSPS) is 19.9. The fourth-order valence-electron chi connectivity index (χ4n) is 1.84. The monoisotopic (exact) mass is 293 g/mol. The maximum atomic E-state index is 13.1. The third kappa shape index (κ3) is 3.61. The SMILES string of the molecule is CC1(C)OCC(Nc2ccc(F)c(C(F)(F)F)c2)CO1. The van der Waals surface area contributed by atoms with Gasteiger partial charge in [-0.2, -0.15) is 13.2 Å². The van der Waals surface area contributed by atoms with Crippen LogP contribution in [0, 0.1) is 5.82 Å². The quantitative estimate of drug-likeness (QED) is 0.848. The van der Waals surface area contributed by atoms with Crippen molar-refractivity contribution in [2.45, 2.75) is 31.9 Å². The molecule has 1 aromatic rings. The van der Waals surface area contributed by atoms with Crippen molar-refractivity contribution in [3.05, 3.63) is 29.6 Å². The van der Waals surface area contributed by atoms with Crippen molar-refractivity contribution < 1.29 is 27.0 Å². The Bertz CT molecular complexity index is 478. The van der Waals surface area contributed by atoms with Crippen LogP contribution in [0.25, 0.3) is 0 Å². The highest BCUT2D eigenvalue weighted by Crippen LogP contribution is 2.33. The van der Waals surface area contributed by atoms with Crippen LogP contribution < -0.4 is 5.32 Å². The van der Waals surface area contributed by atoms with E-state index in [-0.39, 0.29) is 11.7 Å². The summed E-state index contributed by atoms with van der Waals surface area (Å²) in [6.45, 7) is 4.10. The highest BCUT2D eigenvalue weighted by molar-refractivity contribution is 5.48. The molecule has 2 rings (SSSR count). The molecule has 0 atom stereocenters. The summed E-state index contributed by atoms with van der Waals surface area (Å²) < 4.78 is 61.7. The molecule has 1 N–H and O–H groups in total. The fourth-order valence-corrected chi connectivity index (χ4v) is 1.84. The Morgan fingerprint density at radius 2 is 1.80 bits per heavy atom. The second-order valence-corrected chi connectivity index (χ2v) is 5.06. The van der Waals surface area contributed by atoms with Gasteiger partial charge < -0.3 is 14.8 Å². The summed E-state index contributed by atoms with van der Waals surface area (Å²) in [5, 5.41) is 2.84. The molecule has 1 fully saturated rings. The van der Waals surface area contributed by atoms with E-state index in [1.165, 1.54) is 6.07 Å². The molecule has 0 saturated carbocycles. The zero-order valence-electron chi connectivity index (χ0n) is 11.1.